The van der Waals surface area contributed by atoms with E-state index in [-0.39, 0.29) is 94.3 Å². The third-order valence-corrected chi connectivity index (χ3v) is 18.4. The van der Waals surface area contributed by atoms with E-state index < -0.39 is 152 Å². The van der Waals surface area contributed by atoms with Crippen molar-refractivity contribution in [3.63, 3.8) is 0 Å². The zero-order chi connectivity index (χ0) is 74.5. The zero-order valence-electron chi connectivity index (χ0n) is 51.4. The summed E-state index contributed by atoms with van der Waals surface area (Å²) in [6, 6.07) is 22.0. The summed E-state index contributed by atoms with van der Waals surface area (Å²) in [4.78, 5) is 85.4. The number of nitrogen functional groups attached to an aromatic ring is 2. The van der Waals surface area contributed by atoms with Gasteiger partial charge in [0, 0.05) is 103 Å². The van der Waals surface area contributed by atoms with Crippen LogP contribution in [0.15, 0.2) is 160 Å². The van der Waals surface area contributed by atoms with Crippen LogP contribution >= 0.6 is 0 Å². The predicted octanol–water partition coefficient (Wildman–Crippen LogP) is 2.52. The van der Waals surface area contributed by atoms with Crippen molar-refractivity contribution in [3.05, 3.63) is 187 Å². The molecule has 4 amide bonds. The molecule has 0 unspecified atom stereocenters. The molecule has 6 aromatic rings. The Morgan fingerprint density at radius 1 is 0.520 bits per heavy atom. The van der Waals surface area contributed by atoms with Crippen molar-refractivity contribution in [1.82, 2.24) is 20.6 Å². The summed E-state index contributed by atoms with van der Waals surface area (Å²) in [5.74, 6) is -7.07. The van der Waals surface area contributed by atoms with Crippen LogP contribution in [0.5, 0.6) is 0 Å². The molecule has 4 aromatic carbocycles. The van der Waals surface area contributed by atoms with Gasteiger partial charge in [-0.15, -0.1) is 0 Å². The lowest BCUT2D eigenvalue weighted by atomic mass is 9.89. The minimum Gasteiger partial charge on any atom is -0.744 e. The second-order valence-corrected chi connectivity index (χ2v) is 26.7. The molecule has 2 aliphatic heterocycles. The number of carboxylic acid groups (broad SMARTS) is 2. The Morgan fingerprint density at radius 3 is 1.30 bits per heavy atom. The lowest BCUT2D eigenvalue weighted by Gasteiger charge is -2.21. The van der Waals surface area contributed by atoms with E-state index in [0.717, 1.165) is 48.5 Å². The number of amides is 4. The Balaban J connectivity index is 0.000000237. The molecular formula is C60H48N16O22S4. The number of hydrogen-bond acceptors (Lipinski definition) is 24. The van der Waals surface area contributed by atoms with Crippen LogP contribution in [0.2, 0.25) is 0 Å². The molecule has 2 aromatic heterocycles. The molecule has 16 N–H and O–H groups in total. The molecule has 0 radical (unpaired) electrons. The molecule has 0 saturated carbocycles. The first-order chi connectivity index (χ1) is 48.0. The van der Waals surface area contributed by atoms with Gasteiger partial charge in [-0.1, -0.05) is 16.3 Å². The minimum atomic E-state index is -5.42. The molecule has 102 heavy (non-hydrogen) atoms. The van der Waals surface area contributed by atoms with Crippen molar-refractivity contribution < 1.29 is 111 Å². The monoisotopic (exact) mass is 1470 g/mol. The number of nitrogens with one attached hydrogen (secondary N) is 4. The van der Waals surface area contributed by atoms with Gasteiger partial charge in [0.05, 0.1) is 59.4 Å². The lowest BCUT2D eigenvalue weighted by Crippen LogP contribution is -2.47. The van der Waals surface area contributed by atoms with E-state index in [1.54, 1.807) is 24.3 Å². The maximum Gasteiger partial charge on any atom is 0.336 e. The molecule has 0 atom stereocenters. The highest BCUT2D eigenvalue weighted by Gasteiger charge is 2.35. The van der Waals surface area contributed by atoms with Crippen LogP contribution in [0.4, 0.5) is 22.7 Å². The van der Waals surface area contributed by atoms with Crippen LogP contribution in [-0.4, -0.2) is 121 Å². The van der Waals surface area contributed by atoms with E-state index in [1.165, 1.54) is 48.8 Å². The molecule has 4 heterocycles. The van der Waals surface area contributed by atoms with Gasteiger partial charge in [0.1, 0.15) is 30.0 Å². The highest BCUT2D eigenvalue weighted by molar-refractivity contribution is 7.86. The highest BCUT2D eigenvalue weighted by Crippen LogP contribution is 2.48. The number of nitrogens with two attached hydrogens (primary N) is 4. The standard InChI is InChI=1S/2C30H24N8O11S2/c31-21-7-5-18-24(19-6-8-22(32)28(51(46,47)48)26(19)49-25(18)27(21)50(43,44)45)20-11-14(1-4-17(20)30(41)42)29(40)34-10-9-23(39)37-16-3-2-15(35-12-16)13-36-38-33;31-21-7-5-18-24(19-6-8-22(32)28(51(46,47)48)26(19)49-25(18)27(21)50(43,44)45)17-4-1-14(11-20(17)30(41)42)29(40)34-10-9-23(39)37-16-3-2-15(35-12-16)13-36-38-33/h2*1-8,11-12,31H,9-10,13,32H2,(H,34,40)(H,37,39)(H,41,42)(H,43,44,45)(H,46,47,48). The van der Waals surface area contributed by atoms with Gasteiger partial charge in [-0.25, -0.2) is 26.4 Å². The number of aromatic carboxylic acids is 2. The van der Waals surface area contributed by atoms with Gasteiger partial charge in [-0.2, -0.15) is 16.8 Å². The number of rotatable bonds is 22. The maximum atomic E-state index is 13.2. The number of anilines is 4. The summed E-state index contributed by atoms with van der Waals surface area (Å²) >= 11 is 0. The number of nitrogens with zero attached hydrogens (tertiary/aromatic N) is 8. The van der Waals surface area contributed by atoms with Crippen molar-refractivity contribution in [1.29, 1.82) is 0 Å². The van der Waals surface area contributed by atoms with Crippen molar-refractivity contribution in [2.75, 3.05) is 35.2 Å². The third kappa shape index (κ3) is 16.0. The van der Waals surface area contributed by atoms with E-state index in [2.05, 4.69) is 51.3 Å². The van der Waals surface area contributed by atoms with E-state index in [0.29, 0.717) is 22.8 Å². The second kappa shape index (κ2) is 29.4. The summed E-state index contributed by atoms with van der Waals surface area (Å²) in [6.07, 6.45) is 2.32. The van der Waals surface area contributed by atoms with Gasteiger partial charge in [-0.05, 0) is 113 Å². The SMILES string of the molecule is [N-]=[N+]=NCc1ccc(NC(=O)CCNC(=O)c2ccc(-c3c4ccc(=[NH2+])c(S(=O)(=O)O)c-4oc4c(S(=O)(=O)[O-])c(N)ccc34)c(C(=O)O)c2)cn1.[N-]=[N+]=NCc1ccc(NC(=O)CCNC(=O)c2ccc(C(=O)O)c(-c3c4ccc(=[NH2+])c(S(=O)(=O)O)c-4oc4c(S(=O)(=O)[O-])c(N)ccc34)c2)cn1. The number of hydrogen-bond donors (Lipinski definition) is 12. The average molecular weight is 1470 g/mol. The number of aromatic nitrogens is 2. The van der Waals surface area contributed by atoms with Crippen LogP contribution in [0.1, 0.15) is 65.7 Å². The molecular weight excluding hydrogens is 1430 g/mol. The van der Waals surface area contributed by atoms with Crippen molar-refractivity contribution in [2.24, 2.45) is 10.2 Å². The number of carbonyl (C=O) groups excluding carboxylic acids is 4. The Morgan fingerprint density at radius 2 is 0.922 bits per heavy atom. The first-order valence-electron chi connectivity index (χ1n) is 28.5. The summed E-state index contributed by atoms with van der Waals surface area (Å²) in [5, 5.41) is 47.5. The predicted molar refractivity (Wildman–Crippen MR) is 350 cm³/mol. The second-order valence-electron chi connectivity index (χ2n) is 21.3. The van der Waals surface area contributed by atoms with Crippen LogP contribution in [0.3, 0.4) is 0 Å². The summed E-state index contributed by atoms with van der Waals surface area (Å²) < 4.78 is 155. The fourth-order valence-electron chi connectivity index (χ4n) is 10.4. The average Bonchev–Trinajstić information content (AvgIpc) is 0.727. The third-order valence-electron chi connectivity index (χ3n) is 14.7. The molecule has 4 aliphatic rings. The molecule has 42 heteroatoms. The van der Waals surface area contributed by atoms with Crippen LogP contribution < -0.4 is 54.3 Å². The van der Waals surface area contributed by atoms with E-state index >= 15 is 0 Å². The largest absolute Gasteiger partial charge is 0.744 e. The van der Waals surface area contributed by atoms with Gasteiger partial charge in [0.25, 0.3) is 11.8 Å². The Labute approximate surface area is 571 Å². The summed E-state index contributed by atoms with van der Waals surface area (Å²) in [6.45, 7) is -0.294. The zero-order valence-corrected chi connectivity index (χ0v) is 54.7. The first kappa shape index (κ1) is 73.5. The topological polar surface area (TPSA) is 667 Å². The molecule has 524 valence electrons. The number of pyridine rings is 2. The van der Waals surface area contributed by atoms with Crippen LogP contribution in [-0.2, 0) is 63.2 Å². The van der Waals surface area contributed by atoms with Crippen LogP contribution in [0.25, 0.3) is 87.7 Å². The van der Waals surface area contributed by atoms with E-state index in [1.807, 2.05) is 0 Å². The number of benzene rings is 6. The molecule has 0 fully saturated rings. The smallest absolute Gasteiger partial charge is 0.336 e. The fraction of sp³-hybridized carbons (Fsp3) is 0.100. The molecule has 0 bridgehead atoms. The Hall–Kier alpha value is -12.8. The van der Waals surface area contributed by atoms with Gasteiger partial charge in [0.2, 0.25) is 32.3 Å². The normalized spacial score (nSPS) is 11.6. The Bertz CT molecular complexity index is 5850. The molecule has 38 nitrogen and oxygen atoms in total. The van der Waals surface area contributed by atoms with Crippen molar-refractivity contribution in [3.8, 4) is 44.9 Å². The van der Waals surface area contributed by atoms with E-state index in [9.17, 15) is 90.9 Å². The van der Waals surface area contributed by atoms with Gasteiger partial charge in [0.15, 0.2) is 22.7 Å². The number of azide groups is 2. The Kier molecular flexibility index (Phi) is 21.2. The van der Waals surface area contributed by atoms with Crippen molar-refractivity contribution in [2.45, 2.75) is 45.5 Å². The first-order valence-corrected chi connectivity index (χ1v) is 34.2. The quantitative estimate of drug-likeness (QED) is 0.0116. The molecule has 0 saturated heterocycles. The van der Waals surface area contributed by atoms with Crippen molar-refractivity contribution >= 4 is 121 Å². The molecule has 2 aliphatic carbocycles. The van der Waals surface area contributed by atoms with Gasteiger partial charge >= 0.3 is 32.2 Å². The number of carboxylic acids is 2. The number of fused-ring (bicyclic) bond motifs is 4. The maximum absolute atomic E-state index is 13.2. The highest BCUT2D eigenvalue weighted by atomic mass is 32.2. The molecule has 0 spiro atoms. The minimum absolute atomic E-state index is 0.0237. The van der Waals surface area contributed by atoms with E-state index in [4.69, 9.17) is 42.2 Å². The lowest BCUT2D eigenvalue weighted by molar-refractivity contribution is -0.177. The van der Waals surface area contributed by atoms with Crippen LogP contribution in [0, 0.1) is 0 Å². The summed E-state index contributed by atoms with van der Waals surface area (Å²) in [5.41, 5.74) is 24.9. The summed E-state index contributed by atoms with van der Waals surface area (Å²) in [7, 11) is -21.2. The number of carbonyl (C=O) groups is 6. The van der Waals surface area contributed by atoms with Gasteiger partial charge < -0.3 is 60.9 Å². The fourth-order valence-corrected chi connectivity index (χ4v) is 13.4. The van der Waals surface area contributed by atoms with Gasteiger partial charge in [-0.3, -0.25) is 49.1 Å². The molecule has 10 rings (SSSR count).